The summed E-state index contributed by atoms with van der Waals surface area (Å²) in [5.41, 5.74) is 0.0705. The topological polar surface area (TPSA) is 307 Å². The average Bonchev–Trinajstić information content (AvgIpc) is 3.71. The number of aliphatic hydroxyl groups is 12. The van der Waals surface area contributed by atoms with Crippen molar-refractivity contribution in [2.45, 2.75) is 202 Å². The van der Waals surface area contributed by atoms with Crippen molar-refractivity contribution in [2.24, 2.45) is 52.3 Å². The number of hydrogen-bond donors (Lipinski definition) is 12. The third-order valence-corrected chi connectivity index (χ3v) is 18.0. The minimum absolute atomic E-state index is 0.00751. The minimum atomic E-state index is -1.76. The maximum Gasteiger partial charge on any atom is 0.187 e. The van der Waals surface area contributed by atoms with E-state index in [9.17, 15) is 61.3 Å². The van der Waals surface area contributed by atoms with Crippen LogP contribution < -0.4 is 0 Å². The molecule has 8 fully saturated rings. The fourth-order valence-corrected chi connectivity index (χ4v) is 14.2. The van der Waals surface area contributed by atoms with Crippen LogP contribution in [0.4, 0.5) is 0 Å². The summed E-state index contributed by atoms with van der Waals surface area (Å²) in [6.07, 6.45) is -13.7. The number of ether oxygens (including phenoxy) is 7. The van der Waals surface area contributed by atoms with E-state index in [1.165, 1.54) is 0 Å². The molecule has 64 heavy (non-hydrogen) atoms. The summed E-state index contributed by atoms with van der Waals surface area (Å²) < 4.78 is 41.6. The van der Waals surface area contributed by atoms with Gasteiger partial charge in [-0.3, -0.25) is 0 Å². The van der Waals surface area contributed by atoms with Crippen LogP contribution in [0.5, 0.6) is 0 Å². The lowest BCUT2D eigenvalue weighted by Crippen LogP contribution is -2.65. The molecule has 0 amide bonds. The van der Waals surface area contributed by atoms with E-state index in [1.807, 2.05) is 6.92 Å². The molecule has 0 spiro atoms. The van der Waals surface area contributed by atoms with Crippen molar-refractivity contribution < 1.29 is 94.4 Å². The van der Waals surface area contributed by atoms with Gasteiger partial charge in [-0.15, -0.1) is 0 Å². The molecule has 0 aromatic heterocycles. The molecule has 4 saturated heterocycles. The average molecular weight is 921 g/mol. The first-order valence-electron chi connectivity index (χ1n) is 23.9. The number of hydrogen-bond acceptors (Lipinski definition) is 19. The first kappa shape index (κ1) is 49.7. The van der Waals surface area contributed by atoms with Crippen molar-refractivity contribution in [2.75, 3.05) is 26.4 Å². The van der Waals surface area contributed by atoms with Gasteiger partial charge in [-0.2, -0.15) is 0 Å². The molecule has 4 saturated carbocycles. The zero-order valence-corrected chi connectivity index (χ0v) is 37.5. The third kappa shape index (κ3) is 8.65. The van der Waals surface area contributed by atoms with Crippen LogP contribution in [0.2, 0.25) is 0 Å². The fourth-order valence-electron chi connectivity index (χ4n) is 14.2. The van der Waals surface area contributed by atoms with Gasteiger partial charge < -0.3 is 94.4 Å². The Hall–Kier alpha value is -0.760. The lowest BCUT2D eigenvalue weighted by atomic mass is 9.44. The first-order valence-corrected chi connectivity index (χ1v) is 23.9. The van der Waals surface area contributed by atoms with Gasteiger partial charge in [-0.1, -0.05) is 27.7 Å². The van der Waals surface area contributed by atoms with Crippen LogP contribution in [-0.4, -0.2) is 198 Å². The van der Waals surface area contributed by atoms with E-state index in [0.717, 1.165) is 44.9 Å². The number of fused-ring (bicyclic) bond motifs is 7. The van der Waals surface area contributed by atoms with Gasteiger partial charge in [-0.25, -0.2) is 0 Å². The normalized spacial score (nSPS) is 55.6. The van der Waals surface area contributed by atoms with E-state index in [2.05, 4.69) is 20.8 Å². The Balaban J connectivity index is 0.853. The van der Waals surface area contributed by atoms with E-state index in [4.69, 9.17) is 33.2 Å². The Morgan fingerprint density at radius 2 is 1.20 bits per heavy atom. The van der Waals surface area contributed by atoms with Gasteiger partial charge in [0.2, 0.25) is 0 Å². The van der Waals surface area contributed by atoms with Crippen LogP contribution in [-0.2, 0) is 33.2 Å². The molecule has 19 nitrogen and oxygen atoms in total. The van der Waals surface area contributed by atoms with Gasteiger partial charge in [0, 0.05) is 12.3 Å². The molecule has 0 bridgehead atoms. The van der Waals surface area contributed by atoms with Crippen molar-refractivity contribution in [1.29, 1.82) is 0 Å². The Kier molecular flexibility index (Phi) is 14.9. The summed E-state index contributed by atoms with van der Waals surface area (Å²) in [6, 6.07) is 0. The molecule has 370 valence electrons. The van der Waals surface area contributed by atoms with Gasteiger partial charge in [0.05, 0.1) is 38.6 Å². The zero-order valence-electron chi connectivity index (χ0n) is 37.5. The highest BCUT2D eigenvalue weighted by Crippen LogP contribution is 2.71. The van der Waals surface area contributed by atoms with Crippen molar-refractivity contribution in [3.05, 3.63) is 0 Å². The van der Waals surface area contributed by atoms with Gasteiger partial charge in [0.15, 0.2) is 24.7 Å². The fraction of sp³-hybridized carbons (Fsp3) is 1.00. The lowest BCUT2D eigenvalue weighted by Gasteiger charge is -2.61. The summed E-state index contributed by atoms with van der Waals surface area (Å²) in [5.74, 6) is 0.598. The van der Waals surface area contributed by atoms with Crippen molar-refractivity contribution in [3.63, 3.8) is 0 Å². The molecule has 27 atom stereocenters. The van der Waals surface area contributed by atoms with Crippen LogP contribution in [0.3, 0.4) is 0 Å². The highest BCUT2D eigenvalue weighted by Gasteiger charge is 2.68. The van der Waals surface area contributed by atoms with E-state index in [1.54, 1.807) is 0 Å². The second-order valence-electron chi connectivity index (χ2n) is 21.5. The van der Waals surface area contributed by atoms with E-state index >= 15 is 0 Å². The molecule has 8 rings (SSSR count). The zero-order chi connectivity index (χ0) is 46.2. The van der Waals surface area contributed by atoms with Crippen LogP contribution in [0.15, 0.2) is 0 Å². The molecule has 19 heteroatoms. The SMILES string of the molecule is C[C@H](CC[C@@]1(O)O[C@H]2C[C@H]3[C@@H]4CC[C@@H]5C[C@@H](O[C@@H]6O[C@@H](CO)[C@@H](O)[C@H](O[C@@H]7O[C@@H](CO)[C@@H](O)[C@H](O)[C@@H]7O)[C@@H]6O)CC[C@]5(C)[C@H]4CC[C@]3(C)[C@H]2[C@@H]1C)CO[C@H]1O[C@H](CO)[C@H](O)[C@@H](O)[C@H]1O. The van der Waals surface area contributed by atoms with Gasteiger partial charge in [0.1, 0.15) is 73.2 Å². The van der Waals surface area contributed by atoms with Crippen molar-refractivity contribution in [1.82, 2.24) is 0 Å². The molecule has 0 aromatic rings. The van der Waals surface area contributed by atoms with Gasteiger partial charge in [-0.05, 0) is 104 Å². The summed E-state index contributed by atoms with van der Waals surface area (Å²) in [7, 11) is 0. The molecule has 8 aliphatic rings. The Bertz CT molecular complexity index is 1560. The predicted octanol–water partition coefficient (Wildman–Crippen LogP) is -1.78. The van der Waals surface area contributed by atoms with Crippen LogP contribution >= 0.6 is 0 Å². The molecule has 4 aliphatic heterocycles. The summed E-state index contributed by atoms with van der Waals surface area (Å²) in [6.45, 7) is 7.28. The Morgan fingerprint density at radius 1 is 0.625 bits per heavy atom. The molecular weight excluding hydrogens is 844 g/mol. The van der Waals surface area contributed by atoms with Crippen LogP contribution in [0.25, 0.3) is 0 Å². The van der Waals surface area contributed by atoms with E-state index < -0.39 is 118 Å². The second kappa shape index (κ2) is 19.2. The van der Waals surface area contributed by atoms with Gasteiger partial charge >= 0.3 is 0 Å². The largest absolute Gasteiger partial charge is 0.394 e. The van der Waals surface area contributed by atoms with E-state index in [-0.39, 0.29) is 47.4 Å². The maximum absolute atomic E-state index is 12.0. The molecule has 12 N–H and O–H groups in total. The van der Waals surface area contributed by atoms with Crippen LogP contribution in [0.1, 0.15) is 91.9 Å². The highest BCUT2D eigenvalue weighted by molar-refractivity contribution is 5.15. The molecule has 0 unspecified atom stereocenters. The van der Waals surface area contributed by atoms with Crippen molar-refractivity contribution in [3.8, 4) is 0 Å². The lowest BCUT2D eigenvalue weighted by molar-refractivity contribution is -0.365. The third-order valence-electron chi connectivity index (χ3n) is 18.0. The quantitative estimate of drug-likeness (QED) is 0.0909. The first-order chi connectivity index (χ1) is 30.3. The monoisotopic (exact) mass is 920 g/mol. The summed E-state index contributed by atoms with van der Waals surface area (Å²) >= 11 is 0. The highest BCUT2D eigenvalue weighted by atomic mass is 16.7. The minimum Gasteiger partial charge on any atom is -0.394 e. The molecule has 0 aromatic carbocycles. The molecular formula is C45H76O19. The summed E-state index contributed by atoms with van der Waals surface area (Å²) in [4.78, 5) is 0. The number of rotatable bonds is 13. The van der Waals surface area contributed by atoms with Crippen molar-refractivity contribution >= 4 is 0 Å². The molecule has 0 radical (unpaired) electrons. The summed E-state index contributed by atoms with van der Waals surface area (Å²) in [5, 5.41) is 125. The second-order valence-corrected chi connectivity index (χ2v) is 21.5. The predicted molar refractivity (Wildman–Crippen MR) is 219 cm³/mol. The van der Waals surface area contributed by atoms with E-state index in [0.29, 0.717) is 42.9 Å². The standard InChI is InChI=1S/C45H76O19/c1-19(18-58-40-36(54)34(52)31(49)27(15-46)60-40)7-12-45(57)20(2)30-26(64-45)14-25-23-6-5-21-13-22(8-10-43(21,3)24(23)9-11-44(25,30)4)59-42-38(56)39(33(51)29(17-48)62-42)63-41-37(55)35(53)32(50)28(16-47)61-41/h19-42,46-57H,5-18H2,1-4H3/t19-,20+,21-,22+,23-,24+,25+,26+,27-,28+,29+,30+,31+,32-,33-,34-,35+,36-,37+,38+,39+,40+,41+,42-,43+,44+,45-/m1/s1. The molecule has 4 heterocycles. The Morgan fingerprint density at radius 3 is 1.84 bits per heavy atom. The Labute approximate surface area is 374 Å². The number of aliphatic hydroxyl groups excluding tert-OH is 11. The molecule has 4 aliphatic carbocycles. The maximum atomic E-state index is 12.0. The smallest absolute Gasteiger partial charge is 0.187 e. The van der Waals surface area contributed by atoms with Crippen LogP contribution in [0, 0.1) is 52.3 Å². The van der Waals surface area contributed by atoms with Gasteiger partial charge in [0.25, 0.3) is 0 Å².